The Morgan fingerprint density at radius 1 is 1.35 bits per heavy atom. The molecular weight excluding hydrogens is 212 g/mol. The Morgan fingerprint density at radius 2 is 2.29 bits per heavy atom. The number of aliphatic imine (C=N–C) groups is 1. The van der Waals surface area contributed by atoms with Crippen LogP contribution in [0.2, 0.25) is 0 Å². The molecule has 1 atom stereocenters. The van der Waals surface area contributed by atoms with Crippen molar-refractivity contribution in [3.05, 3.63) is 35.4 Å². The molecule has 1 aromatic carbocycles. The van der Waals surface area contributed by atoms with Crippen LogP contribution in [0.5, 0.6) is 0 Å². The van der Waals surface area contributed by atoms with Crippen LogP contribution in [0.1, 0.15) is 17.5 Å². The van der Waals surface area contributed by atoms with Crippen LogP contribution < -0.4 is 5.32 Å². The minimum absolute atomic E-state index is 0.731. The highest BCUT2D eigenvalue weighted by atomic mass is 16.5. The first-order valence-corrected chi connectivity index (χ1v) is 6.40. The summed E-state index contributed by atoms with van der Waals surface area (Å²) in [6.07, 6.45) is 2.41. The minimum atomic E-state index is 0.731. The van der Waals surface area contributed by atoms with Gasteiger partial charge in [0, 0.05) is 5.56 Å². The number of nitrogens with zero attached hydrogens (tertiary/aromatic N) is 1. The van der Waals surface area contributed by atoms with Crippen LogP contribution in [-0.4, -0.2) is 32.1 Å². The first kappa shape index (κ1) is 10.8. The van der Waals surface area contributed by atoms with Gasteiger partial charge in [0.2, 0.25) is 5.90 Å². The van der Waals surface area contributed by atoms with Crippen LogP contribution in [0.25, 0.3) is 0 Å². The Kier molecular flexibility index (Phi) is 3.10. The number of hydrogen-bond acceptors (Lipinski definition) is 3. The zero-order chi connectivity index (χ0) is 11.5. The van der Waals surface area contributed by atoms with Crippen LogP contribution >= 0.6 is 0 Å². The highest BCUT2D eigenvalue weighted by Crippen LogP contribution is 2.20. The SMILES string of the molecule is c1ccc(C2=NCCO2)c(CC2CCNC2)c1. The Bertz CT molecular complexity index is 422. The molecular formula is C14H18N2O. The second-order valence-electron chi connectivity index (χ2n) is 4.76. The van der Waals surface area contributed by atoms with E-state index in [1.54, 1.807) is 0 Å². The summed E-state index contributed by atoms with van der Waals surface area (Å²) in [6.45, 7) is 3.83. The van der Waals surface area contributed by atoms with Crippen molar-refractivity contribution in [1.82, 2.24) is 5.32 Å². The molecule has 0 spiro atoms. The average Bonchev–Trinajstić information content (AvgIpc) is 3.01. The van der Waals surface area contributed by atoms with Gasteiger partial charge >= 0.3 is 0 Å². The summed E-state index contributed by atoms with van der Waals surface area (Å²) in [5.74, 6) is 1.60. The quantitative estimate of drug-likeness (QED) is 0.856. The molecule has 0 saturated carbocycles. The molecule has 3 rings (SSSR count). The van der Waals surface area contributed by atoms with E-state index < -0.39 is 0 Å². The second-order valence-corrected chi connectivity index (χ2v) is 4.76. The van der Waals surface area contributed by atoms with Gasteiger partial charge in [-0.1, -0.05) is 18.2 Å². The summed E-state index contributed by atoms with van der Waals surface area (Å²) in [5.41, 5.74) is 2.57. The first-order chi connectivity index (χ1) is 8.43. The smallest absolute Gasteiger partial charge is 0.216 e. The van der Waals surface area contributed by atoms with E-state index in [-0.39, 0.29) is 0 Å². The van der Waals surface area contributed by atoms with Gasteiger partial charge in [0.15, 0.2) is 0 Å². The number of nitrogens with one attached hydrogen (secondary N) is 1. The molecule has 1 fully saturated rings. The molecule has 0 aromatic heterocycles. The van der Waals surface area contributed by atoms with Gasteiger partial charge < -0.3 is 10.1 Å². The molecule has 3 heteroatoms. The van der Waals surface area contributed by atoms with Gasteiger partial charge in [-0.2, -0.15) is 0 Å². The molecule has 2 aliphatic heterocycles. The third-order valence-electron chi connectivity index (χ3n) is 3.50. The van der Waals surface area contributed by atoms with Gasteiger partial charge in [0.1, 0.15) is 6.61 Å². The fraction of sp³-hybridized carbons (Fsp3) is 0.500. The monoisotopic (exact) mass is 230 g/mol. The largest absolute Gasteiger partial charge is 0.476 e. The lowest BCUT2D eigenvalue weighted by atomic mass is 9.95. The minimum Gasteiger partial charge on any atom is -0.476 e. The number of hydrogen-bond donors (Lipinski definition) is 1. The summed E-state index contributed by atoms with van der Waals surface area (Å²) in [4.78, 5) is 4.42. The standard InChI is InChI=1S/C14H18N2O/c1-2-4-13(14-16-7-8-17-14)12(3-1)9-11-5-6-15-10-11/h1-4,11,15H,5-10H2. The normalized spacial score (nSPS) is 23.5. The molecule has 1 N–H and O–H groups in total. The van der Waals surface area contributed by atoms with E-state index in [9.17, 15) is 0 Å². The maximum Gasteiger partial charge on any atom is 0.216 e. The predicted octanol–water partition coefficient (Wildman–Crippen LogP) is 1.62. The molecule has 3 nitrogen and oxygen atoms in total. The van der Waals surface area contributed by atoms with Gasteiger partial charge in [0.05, 0.1) is 6.54 Å². The lowest BCUT2D eigenvalue weighted by molar-refractivity contribution is 0.348. The molecule has 2 heterocycles. The molecule has 1 aromatic rings. The van der Waals surface area contributed by atoms with Crippen LogP contribution in [0.4, 0.5) is 0 Å². The van der Waals surface area contributed by atoms with E-state index in [1.165, 1.54) is 17.5 Å². The van der Waals surface area contributed by atoms with Gasteiger partial charge in [0.25, 0.3) is 0 Å². The molecule has 0 radical (unpaired) electrons. The van der Waals surface area contributed by atoms with Crippen LogP contribution in [0, 0.1) is 5.92 Å². The average molecular weight is 230 g/mol. The zero-order valence-electron chi connectivity index (χ0n) is 9.98. The number of rotatable bonds is 3. The van der Waals surface area contributed by atoms with E-state index in [0.29, 0.717) is 0 Å². The summed E-state index contributed by atoms with van der Waals surface area (Å²) < 4.78 is 5.58. The molecule has 0 aliphatic carbocycles. The van der Waals surface area contributed by atoms with Crippen molar-refractivity contribution in [2.75, 3.05) is 26.2 Å². The molecule has 1 saturated heterocycles. The highest BCUT2D eigenvalue weighted by molar-refractivity contribution is 5.96. The predicted molar refractivity (Wildman–Crippen MR) is 68.5 cm³/mol. The lowest BCUT2D eigenvalue weighted by Gasteiger charge is -2.12. The molecule has 1 unspecified atom stereocenters. The fourth-order valence-electron chi connectivity index (χ4n) is 2.60. The van der Waals surface area contributed by atoms with E-state index in [4.69, 9.17) is 4.74 Å². The van der Waals surface area contributed by atoms with E-state index in [1.807, 2.05) is 0 Å². The zero-order valence-corrected chi connectivity index (χ0v) is 9.98. The van der Waals surface area contributed by atoms with Crippen molar-refractivity contribution in [1.29, 1.82) is 0 Å². The molecule has 17 heavy (non-hydrogen) atoms. The molecule has 90 valence electrons. The fourth-order valence-corrected chi connectivity index (χ4v) is 2.60. The number of benzene rings is 1. The first-order valence-electron chi connectivity index (χ1n) is 6.40. The topological polar surface area (TPSA) is 33.6 Å². The van der Waals surface area contributed by atoms with Crippen molar-refractivity contribution in [2.24, 2.45) is 10.9 Å². The van der Waals surface area contributed by atoms with Crippen LogP contribution in [0.15, 0.2) is 29.3 Å². The van der Waals surface area contributed by atoms with E-state index >= 15 is 0 Å². The van der Waals surface area contributed by atoms with Gasteiger partial charge in [-0.15, -0.1) is 0 Å². The molecule has 0 amide bonds. The number of ether oxygens (including phenoxy) is 1. The van der Waals surface area contributed by atoms with Crippen molar-refractivity contribution in [2.45, 2.75) is 12.8 Å². The van der Waals surface area contributed by atoms with Gasteiger partial charge in [-0.3, -0.25) is 0 Å². The summed E-state index contributed by atoms with van der Waals surface area (Å²) in [7, 11) is 0. The van der Waals surface area contributed by atoms with Gasteiger partial charge in [-0.25, -0.2) is 4.99 Å². The molecule has 0 bridgehead atoms. The van der Waals surface area contributed by atoms with Gasteiger partial charge in [-0.05, 0) is 43.5 Å². The Morgan fingerprint density at radius 3 is 3.06 bits per heavy atom. The Hall–Kier alpha value is -1.35. The highest BCUT2D eigenvalue weighted by Gasteiger charge is 2.19. The van der Waals surface area contributed by atoms with Crippen molar-refractivity contribution < 1.29 is 4.74 Å². The molecule has 2 aliphatic rings. The Balaban J connectivity index is 1.82. The Labute approximate surface area is 102 Å². The maximum absolute atomic E-state index is 5.58. The summed E-state index contributed by atoms with van der Waals surface area (Å²) in [5, 5.41) is 3.42. The van der Waals surface area contributed by atoms with E-state index in [2.05, 4.69) is 34.6 Å². The van der Waals surface area contributed by atoms with Crippen LogP contribution in [-0.2, 0) is 11.2 Å². The van der Waals surface area contributed by atoms with E-state index in [0.717, 1.165) is 44.5 Å². The van der Waals surface area contributed by atoms with Crippen molar-refractivity contribution in [3.8, 4) is 0 Å². The van der Waals surface area contributed by atoms with Crippen molar-refractivity contribution >= 4 is 5.90 Å². The summed E-state index contributed by atoms with van der Waals surface area (Å²) in [6, 6.07) is 8.51. The maximum atomic E-state index is 5.58. The third kappa shape index (κ3) is 2.34. The van der Waals surface area contributed by atoms with Crippen LogP contribution in [0.3, 0.4) is 0 Å². The second kappa shape index (κ2) is 4.88. The summed E-state index contributed by atoms with van der Waals surface area (Å²) >= 11 is 0. The van der Waals surface area contributed by atoms with Crippen molar-refractivity contribution in [3.63, 3.8) is 0 Å². The lowest BCUT2D eigenvalue weighted by Crippen LogP contribution is -2.13. The third-order valence-corrected chi connectivity index (χ3v) is 3.50.